The van der Waals surface area contributed by atoms with Crippen molar-refractivity contribution in [3.05, 3.63) is 23.8 Å². The molecule has 0 fully saturated rings. The molecule has 0 bridgehead atoms. The van der Waals surface area contributed by atoms with E-state index in [9.17, 15) is 0 Å². The highest BCUT2D eigenvalue weighted by atomic mass is 16.5. The van der Waals surface area contributed by atoms with Gasteiger partial charge in [0.15, 0.2) is 11.5 Å². The van der Waals surface area contributed by atoms with Gasteiger partial charge in [-0.25, -0.2) is 0 Å². The van der Waals surface area contributed by atoms with E-state index < -0.39 is 0 Å². The topological polar surface area (TPSA) is 56.5 Å². The molecule has 0 aliphatic heterocycles. The molecule has 14 heavy (non-hydrogen) atoms. The molecule has 4 nitrogen and oxygen atoms in total. The van der Waals surface area contributed by atoms with E-state index in [2.05, 4.69) is 5.43 Å². The van der Waals surface area contributed by atoms with Gasteiger partial charge < -0.3 is 9.47 Å². The lowest BCUT2D eigenvalue weighted by Crippen LogP contribution is -2.25. The first-order chi connectivity index (χ1) is 6.72. The second-order valence-electron chi connectivity index (χ2n) is 3.00. The third-order valence-electron chi connectivity index (χ3n) is 2.16. The average molecular weight is 196 g/mol. The minimum atomic E-state index is 0.0924. The zero-order chi connectivity index (χ0) is 10.6. The first kappa shape index (κ1) is 10.8. The summed E-state index contributed by atoms with van der Waals surface area (Å²) in [5.74, 6) is 6.78. The molecule has 0 saturated carbocycles. The molecule has 0 aromatic heterocycles. The van der Waals surface area contributed by atoms with Crippen LogP contribution in [-0.2, 0) is 0 Å². The summed E-state index contributed by atoms with van der Waals surface area (Å²) in [5, 5.41) is 0. The van der Waals surface area contributed by atoms with Gasteiger partial charge >= 0.3 is 0 Å². The van der Waals surface area contributed by atoms with Gasteiger partial charge in [-0.3, -0.25) is 11.3 Å². The van der Waals surface area contributed by atoms with Crippen molar-refractivity contribution in [3.63, 3.8) is 0 Å². The number of nitrogens with two attached hydrogens (primary N) is 1. The van der Waals surface area contributed by atoms with Crippen molar-refractivity contribution in [2.75, 3.05) is 14.2 Å². The number of benzene rings is 1. The highest BCUT2D eigenvalue weighted by Gasteiger charge is 2.08. The molecule has 0 aliphatic rings. The Balaban J connectivity index is 3.01. The van der Waals surface area contributed by atoms with Crippen LogP contribution in [0.5, 0.6) is 11.5 Å². The van der Waals surface area contributed by atoms with Gasteiger partial charge in [-0.2, -0.15) is 0 Å². The van der Waals surface area contributed by atoms with Crippen LogP contribution < -0.4 is 20.7 Å². The number of ether oxygens (including phenoxy) is 2. The molecule has 0 saturated heterocycles. The molecule has 4 heteroatoms. The van der Waals surface area contributed by atoms with E-state index in [-0.39, 0.29) is 6.04 Å². The van der Waals surface area contributed by atoms with E-state index >= 15 is 0 Å². The molecule has 0 unspecified atom stereocenters. The van der Waals surface area contributed by atoms with Crippen LogP contribution in [-0.4, -0.2) is 14.2 Å². The zero-order valence-corrected chi connectivity index (χ0v) is 8.70. The standard InChI is InChI=1S/C10H16N2O2/c1-7(12-11)8-4-5-9(13-2)10(6-8)14-3/h4-7,12H,11H2,1-3H3/t7-/m0/s1. The Morgan fingerprint density at radius 3 is 2.36 bits per heavy atom. The van der Waals surface area contributed by atoms with Crippen molar-refractivity contribution in [3.8, 4) is 11.5 Å². The second-order valence-corrected chi connectivity index (χ2v) is 3.00. The number of hydrogen-bond acceptors (Lipinski definition) is 4. The number of rotatable bonds is 4. The first-order valence-electron chi connectivity index (χ1n) is 4.41. The predicted molar refractivity (Wildman–Crippen MR) is 55.3 cm³/mol. The Bertz CT molecular complexity index is 302. The number of hydrogen-bond donors (Lipinski definition) is 2. The first-order valence-corrected chi connectivity index (χ1v) is 4.41. The van der Waals surface area contributed by atoms with E-state index in [0.29, 0.717) is 5.75 Å². The van der Waals surface area contributed by atoms with Crippen LogP contribution in [0.25, 0.3) is 0 Å². The Morgan fingerprint density at radius 1 is 1.21 bits per heavy atom. The molecule has 1 aromatic carbocycles. The number of hydrazine groups is 1. The fourth-order valence-electron chi connectivity index (χ4n) is 1.22. The molecule has 1 atom stereocenters. The molecule has 0 heterocycles. The van der Waals surface area contributed by atoms with E-state index in [1.807, 2.05) is 25.1 Å². The fraction of sp³-hybridized carbons (Fsp3) is 0.400. The van der Waals surface area contributed by atoms with Gasteiger partial charge in [0.1, 0.15) is 0 Å². The predicted octanol–water partition coefficient (Wildman–Crippen LogP) is 1.23. The molecular formula is C10H16N2O2. The lowest BCUT2D eigenvalue weighted by atomic mass is 10.1. The minimum absolute atomic E-state index is 0.0924. The van der Waals surface area contributed by atoms with Gasteiger partial charge in [-0.1, -0.05) is 6.07 Å². The molecule has 0 spiro atoms. The second kappa shape index (κ2) is 4.83. The Hall–Kier alpha value is -1.26. The quantitative estimate of drug-likeness (QED) is 0.561. The molecule has 3 N–H and O–H groups in total. The molecule has 1 rings (SSSR count). The van der Waals surface area contributed by atoms with Crippen LogP contribution in [0.4, 0.5) is 0 Å². The van der Waals surface area contributed by atoms with Crippen molar-refractivity contribution in [2.45, 2.75) is 13.0 Å². The van der Waals surface area contributed by atoms with E-state index in [1.165, 1.54) is 0 Å². The number of nitrogens with one attached hydrogen (secondary N) is 1. The molecule has 0 radical (unpaired) electrons. The number of methoxy groups -OCH3 is 2. The largest absolute Gasteiger partial charge is 0.493 e. The van der Waals surface area contributed by atoms with Crippen LogP contribution in [0, 0.1) is 0 Å². The molecule has 0 amide bonds. The van der Waals surface area contributed by atoms with Crippen LogP contribution in [0.15, 0.2) is 18.2 Å². The summed E-state index contributed by atoms with van der Waals surface area (Å²) in [6, 6.07) is 5.81. The maximum atomic E-state index is 5.34. The lowest BCUT2D eigenvalue weighted by molar-refractivity contribution is 0.354. The molecule has 1 aromatic rings. The summed E-state index contributed by atoms with van der Waals surface area (Å²) in [7, 11) is 3.23. The van der Waals surface area contributed by atoms with E-state index in [4.69, 9.17) is 15.3 Å². The lowest BCUT2D eigenvalue weighted by Gasteiger charge is -2.13. The van der Waals surface area contributed by atoms with Gasteiger partial charge in [-0.15, -0.1) is 0 Å². The van der Waals surface area contributed by atoms with Gasteiger partial charge in [0.2, 0.25) is 0 Å². The zero-order valence-electron chi connectivity index (χ0n) is 8.70. The molecular weight excluding hydrogens is 180 g/mol. The van der Waals surface area contributed by atoms with E-state index in [1.54, 1.807) is 14.2 Å². The monoisotopic (exact) mass is 196 g/mol. The summed E-state index contributed by atoms with van der Waals surface area (Å²) in [6.07, 6.45) is 0. The smallest absolute Gasteiger partial charge is 0.161 e. The Morgan fingerprint density at radius 2 is 1.86 bits per heavy atom. The van der Waals surface area contributed by atoms with Crippen LogP contribution >= 0.6 is 0 Å². The van der Waals surface area contributed by atoms with Crippen molar-refractivity contribution >= 4 is 0 Å². The third-order valence-corrected chi connectivity index (χ3v) is 2.16. The van der Waals surface area contributed by atoms with Crippen LogP contribution in [0.2, 0.25) is 0 Å². The summed E-state index contributed by atoms with van der Waals surface area (Å²) in [4.78, 5) is 0. The Labute approximate surface area is 84.0 Å². The van der Waals surface area contributed by atoms with Crippen LogP contribution in [0.1, 0.15) is 18.5 Å². The van der Waals surface area contributed by atoms with Gasteiger partial charge in [0, 0.05) is 6.04 Å². The highest BCUT2D eigenvalue weighted by Crippen LogP contribution is 2.29. The van der Waals surface area contributed by atoms with Crippen molar-refractivity contribution in [1.29, 1.82) is 0 Å². The van der Waals surface area contributed by atoms with Crippen molar-refractivity contribution in [2.24, 2.45) is 5.84 Å². The summed E-state index contributed by atoms with van der Waals surface area (Å²) < 4.78 is 10.3. The molecule has 0 aliphatic carbocycles. The SMILES string of the molecule is COc1ccc([C@H](C)NN)cc1OC. The maximum Gasteiger partial charge on any atom is 0.161 e. The summed E-state index contributed by atoms with van der Waals surface area (Å²) >= 11 is 0. The van der Waals surface area contributed by atoms with Gasteiger partial charge in [0.05, 0.1) is 14.2 Å². The summed E-state index contributed by atoms with van der Waals surface area (Å²) in [5.41, 5.74) is 3.73. The third kappa shape index (κ3) is 2.16. The van der Waals surface area contributed by atoms with Crippen molar-refractivity contribution in [1.82, 2.24) is 5.43 Å². The normalized spacial score (nSPS) is 12.3. The highest BCUT2D eigenvalue weighted by molar-refractivity contribution is 5.43. The molecule has 78 valence electrons. The summed E-state index contributed by atoms with van der Waals surface area (Å²) in [6.45, 7) is 1.97. The van der Waals surface area contributed by atoms with Gasteiger partial charge in [0.25, 0.3) is 0 Å². The minimum Gasteiger partial charge on any atom is -0.493 e. The Kier molecular flexibility index (Phi) is 3.73. The van der Waals surface area contributed by atoms with E-state index in [0.717, 1.165) is 11.3 Å². The van der Waals surface area contributed by atoms with Crippen molar-refractivity contribution < 1.29 is 9.47 Å². The van der Waals surface area contributed by atoms with Crippen LogP contribution in [0.3, 0.4) is 0 Å². The maximum absolute atomic E-state index is 5.34. The van der Waals surface area contributed by atoms with Gasteiger partial charge in [-0.05, 0) is 24.6 Å². The fourth-order valence-corrected chi connectivity index (χ4v) is 1.22. The average Bonchev–Trinajstić information content (AvgIpc) is 2.26.